The van der Waals surface area contributed by atoms with E-state index < -0.39 is 0 Å². The van der Waals surface area contributed by atoms with E-state index in [1.54, 1.807) is 25.7 Å². The Bertz CT molecular complexity index is 946. The third kappa shape index (κ3) is 2.42. The lowest BCUT2D eigenvalue weighted by atomic mass is 10.1. The first kappa shape index (κ1) is 13.5. The number of ether oxygens (including phenoxy) is 1. The van der Waals surface area contributed by atoms with Crippen LogP contribution < -0.4 is 4.74 Å². The van der Waals surface area contributed by atoms with Gasteiger partial charge in [0.1, 0.15) is 5.75 Å². The molecule has 0 saturated carbocycles. The predicted molar refractivity (Wildman–Crippen MR) is 88.2 cm³/mol. The molecular weight excluding hydrogens is 288 g/mol. The van der Waals surface area contributed by atoms with Gasteiger partial charge in [-0.25, -0.2) is 9.50 Å². The number of hydrogen-bond donors (Lipinski definition) is 0. The van der Waals surface area contributed by atoms with Crippen molar-refractivity contribution in [3.63, 3.8) is 0 Å². The van der Waals surface area contributed by atoms with Gasteiger partial charge in [0.25, 0.3) is 0 Å². The largest absolute Gasteiger partial charge is 0.497 e. The van der Waals surface area contributed by atoms with Crippen molar-refractivity contribution < 1.29 is 4.74 Å². The molecule has 0 aliphatic carbocycles. The number of fused-ring (bicyclic) bond motifs is 1. The summed E-state index contributed by atoms with van der Waals surface area (Å²) in [6.45, 7) is 0. The molecule has 0 bridgehead atoms. The van der Waals surface area contributed by atoms with E-state index in [-0.39, 0.29) is 0 Å². The maximum atomic E-state index is 5.20. The second kappa shape index (κ2) is 5.53. The zero-order valence-electron chi connectivity index (χ0n) is 12.5. The van der Waals surface area contributed by atoms with Crippen molar-refractivity contribution in [3.05, 3.63) is 67.1 Å². The summed E-state index contributed by atoms with van der Waals surface area (Å²) in [5, 5.41) is 4.71. The fourth-order valence-electron chi connectivity index (χ4n) is 2.54. The van der Waals surface area contributed by atoms with Crippen LogP contribution in [-0.4, -0.2) is 26.7 Å². The molecule has 23 heavy (non-hydrogen) atoms. The Balaban J connectivity index is 1.84. The summed E-state index contributed by atoms with van der Waals surface area (Å²) in [7, 11) is 1.66. The summed E-state index contributed by atoms with van der Waals surface area (Å²) in [6.07, 6.45) is 5.34. The summed E-state index contributed by atoms with van der Waals surface area (Å²) in [4.78, 5) is 8.47. The van der Waals surface area contributed by atoms with Gasteiger partial charge in [-0.15, -0.1) is 0 Å². The van der Waals surface area contributed by atoms with Gasteiger partial charge in [-0.3, -0.25) is 4.98 Å². The SMILES string of the molecule is COc1ccc(-c2cc3nccc(-c4ccncc4)n3n2)cc1. The van der Waals surface area contributed by atoms with Gasteiger partial charge in [0.15, 0.2) is 5.65 Å². The molecule has 3 heterocycles. The smallest absolute Gasteiger partial charge is 0.156 e. The fourth-order valence-corrected chi connectivity index (χ4v) is 2.54. The summed E-state index contributed by atoms with van der Waals surface area (Å²) in [5.41, 5.74) is 4.75. The van der Waals surface area contributed by atoms with E-state index in [0.717, 1.165) is 33.9 Å². The highest BCUT2D eigenvalue weighted by Gasteiger charge is 2.09. The van der Waals surface area contributed by atoms with E-state index in [2.05, 4.69) is 9.97 Å². The Hall–Kier alpha value is -3.21. The van der Waals surface area contributed by atoms with Gasteiger partial charge in [-0.2, -0.15) is 5.10 Å². The highest BCUT2D eigenvalue weighted by molar-refractivity contribution is 5.68. The van der Waals surface area contributed by atoms with Crippen molar-refractivity contribution in [2.45, 2.75) is 0 Å². The first-order valence-corrected chi connectivity index (χ1v) is 7.25. The number of benzene rings is 1. The standard InChI is InChI=1S/C18H14N4O/c1-23-15-4-2-13(3-5-15)16-12-18-20-11-8-17(22(18)21-16)14-6-9-19-10-7-14/h2-12H,1H3. The van der Waals surface area contributed by atoms with Gasteiger partial charge < -0.3 is 4.74 Å². The Labute approximate surface area is 133 Å². The molecule has 0 fully saturated rings. The van der Waals surface area contributed by atoms with Crippen LogP contribution in [0.15, 0.2) is 67.1 Å². The monoisotopic (exact) mass is 302 g/mol. The number of methoxy groups -OCH3 is 1. The number of hydrogen-bond acceptors (Lipinski definition) is 4. The number of rotatable bonds is 3. The van der Waals surface area contributed by atoms with Crippen LogP contribution >= 0.6 is 0 Å². The van der Waals surface area contributed by atoms with E-state index in [1.165, 1.54) is 0 Å². The van der Waals surface area contributed by atoms with Gasteiger partial charge >= 0.3 is 0 Å². The van der Waals surface area contributed by atoms with Gasteiger partial charge in [0.2, 0.25) is 0 Å². The van der Waals surface area contributed by atoms with Crippen LogP contribution in [0.25, 0.3) is 28.2 Å². The average Bonchev–Trinajstić information content (AvgIpc) is 3.06. The molecule has 0 radical (unpaired) electrons. The molecule has 0 aliphatic rings. The highest BCUT2D eigenvalue weighted by atomic mass is 16.5. The lowest BCUT2D eigenvalue weighted by molar-refractivity contribution is 0.415. The van der Waals surface area contributed by atoms with Crippen LogP contribution in [0.3, 0.4) is 0 Å². The van der Waals surface area contributed by atoms with Gasteiger partial charge in [-0.05, 0) is 42.5 Å². The molecular formula is C18H14N4O. The van der Waals surface area contributed by atoms with E-state index in [0.29, 0.717) is 0 Å². The normalized spacial score (nSPS) is 10.8. The third-order valence-corrected chi connectivity index (χ3v) is 3.72. The minimum Gasteiger partial charge on any atom is -0.497 e. The fraction of sp³-hybridized carbons (Fsp3) is 0.0556. The van der Waals surface area contributed by atoms with Crippen molar-refractivity contribution in [2.24, 2.45) is 0 Å². The van der Waals surface area contributed by atoms with Crippen molar-refractivity contribution >= 4 is 5.65 Å². The Morgan fingerprint density at radius 2 is 1.65 bits per heavy atom. The van der Waals surface area contributed by atoms with Crippen LogP contribution in [0.4, 0.5) is 0 Å². The summed E-state index contributed by atoms with van der Waals surface area (Å²) in [6, 6.07) is 15.7. The first-order chi connectivity index (χ1) is 11.3. The van der Waals surface area contributed by atoms with Crippen LogP contribution in [0.2, 0.25) is 0 Å². The lowest BCUT2D eigenvalue weighted by Gasteiger charge is -2.03. The molecule has 0 unspecified atom stereocenters. The van der Waals surface area contributed by atoms with Crippen molar-refractivity contribution in [1.82, 2.24) is 19.6 Å². The summed E-state index contributed by atoms with van der Waals surface area (Å²) in [5.74, 6) is 0.827. The molecule has 5 nitrogen and oxygen atoms in total. The minimum atomic E-state index is 0.810. The Morgan fingerprint density at radius 1 is 0.870 bits per heavy atom. The average molecular weight is 302 g/mol. The highest BCUT2D eigenvalue weighted by Crippen LogP contribution is 2.25. The molecule has 112 valence electrons. The summed E-state index contributed by atoms with van der Waals surface area (Å²) >= 11 is 0. The van der Waals surface area contributed by atoms with Crippen LogP contribution in [0.5, 0.6) is 5.75 Å². The van der Waals surface area contributed by atoms with Crippen molar-refractivity contribution in [1.29, 1.82) is 0 Å². The van der Waals surface area contributed by atoms with Gasteiger partial charge in [-0.1, -0.05) is 0 Å². The second-order valence-corrected chi connectivity index (χ2v) is 5.09. The van der Waals surface area contributed by atoms with Crippen LogP contribution in [0.1, 0.15) is 0 Å². The zero-order valence-corrected chi connectivity index (χ0v) is 12.5. The van der Waals surface area contributed by atoms with Crippen LogP contribution in [0, 0.1) is 0 Å². The molecule has 0 amide bonds. The molecule has 0 saturated heterocycles. The topological polar surface area (TPSA) is 52.3 Å². The molecule has 5 heteroatoms. The van der Waals surface area contributed by atoms with E-state index in [4.69, 9.17) is 9.84 Å². The summed E-state index contributed by atoms with van der Waals surface area (Å²) < 4.78 is 7.05. The quantitative estimate of drug-likeness (QED) is 0.581. The Morgan fingerprint density at radius 3 is 2.39 bits per heavy atom. The number of nitrogens with zero attached hydrogens (tertiary/aromatic N) is 4. The van der Waals surface area contributed by atoms with E-state index in [9.17, 15) is 0 Å². The maximum absolute atomic E-state index is 5.20. The van der Waals surface area contributed by atoms with Gasteiger partial charge in [0.05, 0.1) is 18.5 Å². The number of pyridine rings is 1. The zero-order chi connectivity index (χ0) is 15.6. The second-order valence-electron chi connectivity index (χ2n) is 5.09. The predicted octanol–water partition coefficient (Wildman–Crippen LogP) is 3.47. The van der Waals surface area contributed by atoms with Crippen molar-refractivity contribution in [2.75, 3.05) is 7.11 Å². The maximum Gasteiger partial charge on any atom is 0.156 e. The molecule has 3 aromatic heterocycles. The lowest BCUT2D eigenvalue weighted by Crippen LogP contribution is -1.95. The molecule has 1 aromatic carbocycles. The molecule has 4 rings (SSSR count). The molecule has 0 aliphatic heterocycles. The van der Waals surface area contributed by atoms with E-state index >= 15 is 0 Å². The molecule has 4 aromatic rings. The molecule has 0 atom stereocenters. The minimum absolute atomic E-state index is 0.810. The third-order valence-electron chi connectivity index (χ3n) is 3.72. The van der Waals surface area contributed by atoms with Crippen LogP contribution in [-0.2, 0) is 0 Å². The molecule has 0 spiro atoms. The van der Waals surface area contributed by atoms with E-state index in [1.807, 2.05) is 53.0 Å². The Kier molecular flexibility index (Phi) is 3.24. The molecule has 0 N–H and O–H groups in total. The van der Waals surface area contributed by atoms with Gasteiger partial charge in [0, 0.05) is 35.8 Å². The first-order valence-electron chi connectivity index (χ1n) is 7.25. The van der Waals surface area contributed by atoms with Crippen molar-refractivity contribution in [3.8, 4) is 28.3 Å². The number of aromatic nitrogens is 4.